The minimum atomic E-state index is 0.00531. The number of piperazine rings is 1. The van der Waals surface area contributed by atoms with E-state index in [2.05, 4.69) is 29.4 Å². The standard InChI is InChI=1S/C26H33N3O2/c1-18-4-3-9-26(2)15-24-21(14-23(18)26)22(25(30)31-24)17-28-10-12-29(13-11-28)20-7-5-19(16-27)6-8-20/h5-8,21-24H,1,3-4,9-15,17H2,2H3. The predicted molar refractivity (Wildman–Crippen MR) is 120 cm³/mol. The maximum Gasteiger partial charge on any atom is 0.310 e. The van der Waals surface area contributed by atoms with E-state index in [-0.39, 0.29) is 23.4 Å². The molecule has 4 aliphatic rings. The highest BCUT2D eigenvalue weighted by Gasteiger charge is 2.55. The van der Waals surface area contributed by atoms with E-state index in [4.69, 9.17) is 10.00 Å². The van der Waals surface area contributed by atoms with Gasteiger partial charge in [0.25, 0.3) is 0 Å². The Balaban J connectivity index is 1.21. The summed E-state index contributed by atoms with van der Waals surface area (Å²) in [5, 5.41) is 8.99. The van der Waals surface area contributed by atoms with Crippen LogP contribution in [0, 0.1) is 34.5 Å². The summed E-state index contributed by atoms with van der Waals surface area (Å²) in [6, 6.07) is 10.0. The number of hydrogen-bond acceptors (Lipinski definition) is 5. The maximum absolute atomic E-state index is 12.8. The molecule has 0 amide bonds. The van der Waals surface area contributed by atoms with Crippen LogP contribution in [-0.2, 0) is 9.53 Å². The van der Waals surface area contributed by atoms with E-state index < -0.39 is 0 Å². The van der Waals surface area contributed by atoms with Gasteiger partial charge < -0.3 is 9.64 Å². The number of rotatable bonds is 3. The van der Waals surface area contributed by atoms with Gasteiger partial charge in [-0.05, 0) is 67.7 Å². The number of carbonyl (C=O) groups is 1. The van der Waals surface area contributed by atoms with E-state index in [1.54, 1.807) is 0 Å². The Morgan fingerprint density at radius 1 is 1.23 bits per heavy atom. The third-order valence-electron chi connectivity index (χ3n) is 8.51. The first-order chi connectivity index (χ1) is 15.0. The van der Waals surface area contributed by atoms with Crippen molar-refractivity contribution in [1.29, 1.82) is 5.26 Å². The first-order valence-electron chi connectivity index (χ1n) is 11.8. The van der Waals surface area contributed by atoms with Crippen molar-refractivity contribution in [1.82, 2.24) is 4.90 Å². The SMILES string of the molecule is C=C1CCCC2(C)CC3OC(=O)C(CN4CCN(c5ccc(C#N)cc5)CC4)C3CC12. The molecule has 5 nitrogen and oxygen atoms in total. The third-order valence-corrected chi connectivity index (χ3v) is 8.51. The van der Waals surface area contributed by atoms with Gasteiger partial charge >= 0.3 is 5.97 Å². The average molecular weight is 420 g/mol. The lowest BCUT2D eigenvalue weighted by Crippen LogP contribution is -2.50. The van der Waals surface area contributed by atoms with Crippen LogP contribution in [0.25, 0.3) is 0 Å². The van der Waals surface area contributed by atoms with Crippen LogP contribution in [0.4, 0.5) is 5.69 Å². The van der Waals surface area contributed by atoms with E-state index in [0.29, 0.717) is 17.4 Å². The highest BCUT2D eigenvalue weighted by Crippen LogP contribution is 2.56. The monoisotopic (exact) mass is 419 g/mol. The highest BCUT2D eigenvalue weighted by atomic mass is 16.6. The van der Waals surface area contributed by atoms with Crippen molar-refractivity contribution in [2.45, 2.75) is 45.1 Å². The molecule has 31 heavy (non-hydrogen) atoms. The molecular formula is C26H33N3O2. The van der Waals surface area contributed by atoms with Gasteiger partial charge in [0.1, 0.15) is 6.10 Å². The number of allylic oxidation sites excluding steroid dienone is 1. The summed E-state index contributed by atoms with van der Waals surface area (Å²) in [6.07, 6.45) is 5.79. The second-order valence-corrected chi connectivity index (χ2v) is 10.4. The highest BCUT2D eigenvalue weighted by molar-refractivity contribution is 5.75. The fourth-order valence-corrected chi connectivity index (χ4v) is 6.68. The summed E-state index contributed by atoms with van der Waals surface area (Å²) in [5.74, 6) is 0.924. The van der Waals surface area contributed by atoms with Crippen LogP contribution in [0.1, 0.15) is 44.6 Å². The van der Waals surface area contributed by atoms with Crippen molar-refractivity contribution < 1.29 is 9.53 Å². The second kappa shape index (κ2) is 7.98. The lowest BCUT2D eigenvalue weighted by molar-refractivity contribution is -0.146. The molecule has 2 aliphatic heterocycles. The fraction of sp³-hybridized carbons (Fsp3) is 0.615. The minimum Gasteiger partial charge on any atom is -0.462 e. The molecule has 2 heterocycles. The Morgan fingerprint density at radius 3 is 2.68 bits per heavy atom. The predicted octanol–water partition coefficient (Wildman–Crippen LogP) is 3.99. The summed E-state index contributed by atoms with van der Waals surface area (Å²) in [5.41, 5.74) is 3.53. The van der Waals surface area contributed by atoms with Gasteiger partial charge in [-0.3, -0.25) is 9.69 Å². The minimum absolute atomic E-state index is 0.00531. The number of benzene rings is 1. The molecule has 5 atom stereocenters. The summed E-state index contributed by atoms with van der Waals surface area (Å²) < 4.78 is 5.95. The number of ether oxygens (including phenoxy) is 1. The van der Waals surface area contributed by atoms with Crippen molar-refractivity contribution >= 4 is 11.7 Å². The number of hydrogen-bond donors (Lipinski definition) is 0. The second-order valence-electron chi connectivity index (χ2n) is 10.4. The molecule has 2 aliphatic carbocycles. The molecule has 0 bridgehead atoms. The van der Waals surface area contributed by atoms with E-state index in [0.717, 1.165) is 52.0 Å². The molecule has 2 saturated heterocycles. The molecule has 0 N–H and O–H groups in total. The molecule has 5 unspecified atom stereocenters. The van der Waals surface area contributed by atoms with Gasteiger partial charge in [-0.25, -0.2) is 0 Å². The third kappa shape index (κ3) is 3.76. The summed E-state index contributed by atoms with van der Waals surface area (Å²) in [6.45, 7) is 11.4. The Kier molecular flexibility index (Phi) is 5.30. The first-order valence-corrected chi connectivity index (χ1v) is 11.8. The Morgan fingerprint density at radius 2 is 1.97 bits per heavy atom. The van der Waals surface area contributed by atoms with Crippen LogP contribution in [0.5, 0.6) is 0 Å². The quantitative estimate of drug-likeness (QED) is 0.548. The van der Waals surface area contributed by atoms with Gasteiger partial charge in [0, 0.05) is 44.3 Å². The molecule has 164 valence electrons. The van der Waals surface area contributed by atoms with Crippen LogP contribution in [0.15, 0.2) is 36.4 Å². The topological polar surface area (TPSA) is 56.6 Å². The number of esters is 1. The molecule has 0 spiro atoms. The van der Waals surface area contributed by atoms with E-state index in [9.17, 15) is 4.79 Å². The normalized spacial score (nSPS) is 35.8. The van der Waals surface area contributed by atoms with Gasteiger partial charge in [-0.1, -0.05) is 19.1 Å². The number of nitriles is 1. The molecule has 5 heteroatoms. The van der Waals surface area contributed by atoms with Gasteiger partial charge in [0.15, 0.2) is 0 Å². The molecule has 5 rings (SSSR count). The molecule has 0 radical (unpaired) electrons. The van der Waals surface area contributed by atoms with Crippen molar-refractivity contribution in [3.05, 3.63) is 42.0 Å². The van der Waals surface area contributed by atoms with Crippen molar-refractivity contribution in [2.75, 3.05) is 37.6 Å². The van der Waals surface area contributed by atoms with Crippen LogP contribution in [0.2, 0.25) is 0 Å². The van der Waals surface area contributed by atoms with Crippen molar-refractivity contribution in [2.24, 2.45) is 23.2 Å². The molecule has 2 saturated carbocycles. The molecule has 1 aromatic carbocycles. The molecule has 1 aromatic rings. The Bertz CT molecular complexity index is 896. The Labute approximate surface area is 185 Å². The van der Waals surface area contributed by atoms with Gasteiger partial charge in [-0.2, -0.15) is 5.26 Å². The van der Waals surface area contributed by atoms with Crippen LogP contribution < -0.4 is 4.90 Å². The van der Waals surface area contributed by atoms with Gasteiger partial charge in [-0.15, -0.1) is 0 Å². The lowest BCUT2D eigenvalue weighted by atomic mass is 9.55. The van der Waals surface area contributed by atoms with Crippen LogP contribution in [0.3, 0.4) is 0 Å². The molecule has 4 fully saturated rings. The zero-order valence-electron chi connectivity index (χ0n) is 18.6. The van der Waals surface area contributed by atoms with E-state index in [1.807, 2.05) is 24.3 Å². The molecular weight excluding hydrogens is 386 g/mol. The van der Waals surface area contributed by atoms with Gasteiger partial charge in [0.2, 0.25) is 0 Å². The van der Waals surface area contributed by atoms with Gasteiger partial charge in [0.05, 0.1) is 17.6 Å². The van der Waals surface area contributed by atoms with Crippen LogP contribution >= 0.6 is 0 Å². The first kappa shape index (κ1) is 20.6. The number of anilines is 1. The molecule has 0 aromatic heterocycles. The Hall–Kier alpha value is -2.32. The summed E-state index contributed by atoms with van der Waals surface area (Å²) in [7, 11) is 0. The van der Waals surface area contributed by atoms with Crippen molar-refractivity contribution in [3.8, 4) is 6.07 Å². The summed E-state index contributed by atoms with van der Waals surface area (Å²) in [4.78, 5) is 17.7. The average Bonchev–Trinajstić information content (AvgIpc) is 3.06. The fourth-order valence-electron chi connectivity index (χ4n) is 6.68. The number of fused-ring (bicyclic) bond motifs is 2. The zero-order chi connectivity index (χ0) is 21.6. The number of nitrogens with zero attached hydrogens (tertiary/aromatic N) is 3. The largest absolute Gasteiger partial charge is 0.462 e. The number of carbonyl (C=O) groups excluding carboxylic acids is 1. The lowest BCUT2D eigenvalue weighted by Gasteiger charge is -2.50. The summed E-state index contributed by atoms with van der Waals surface area (Å²) >= 11 is 0. The van der Waals surface area contributed by atoms with Crippen molar-refractivity contribution in [3.63, 3.8) is 0 Å². The zero-order valence-corrected chi connectivity index (χ0v) is 18.6. The van der Waals surface area contributed by atoms with Crippen LogP contribution in [-0.4, -0.2) is 49.7 Å². The smallest absolute Gasteiger partial charge is 0.310 e. The maximum atomic E-state index is 12.8. The van der Waals surface area contributed by atoms with E-state index >= 15 is 0 Å². The van der Waals surface area contributed by atoms with E-state index in [1.165, 1.54) is 24.1 Å².